The van der Waals surface area contributed by atoms with Crippen LogP contribution in [0.1, 0.15) is 25.0 Å². The van der Waals surface area contributed by atoms with Gasteiger partial charge in [0.2, 0.25) is 0 Å². The first-order valence-electron chi connectivity index (χ1n) is 13.0. The van der Waals surface area contributed by atoms with Crippen LogP contribution < -0.4 is 18.9 Å². The molecule has 4 aromatic carbocycles. The number of aromatic nitrogens is 1. The van der Waals surface area contributed by atoms with Gasteiger partial charge in [0, 0.05) is 37.0 Å². The van der Waals surface area contributed by atoms with Crippen LogP contribution in [0.4, 0.5) is 11.4 Å². The van der Waals surface area contributed by atoms with Gasteiger partial charge in [-0.15, -0.1) is 0 Å². The maximum atomic E-state index is 11.3. The van der Waals surface area contributed by atoms with Gasteiger partial charge < -0.3 is 18.9 Å². The first kappa shape index (κ1) is 28.0. The van der Waals surface area contributed by atoms with Crippen molar-refractivity contribution < 1.29 is 28.5 Å². The monoisotopic (exact) mass is 561 g/mol. The Balaban J connectivity index is 1.38. The summed E-state index contributed by atoms with van der Waals surface area (Å²) >= 11 is 0. The minimum atomic E-state index is -0.419. The van der Waals surface area contributed by atoms with E-state index in [1.807, 2.05) is 36.4 Å². The summed E-state index contributed by atoms with van der Waals surface area (Å²) in [6.45, 7) is 2.68. The van der Waals surface area contributed by atoms with Gasteiger partial charge in [-0.3, -0.25) is 19.6 Å². The Morgan fingerprint density at radius 1 is 0.595 bits per heavy atom. The number of aliphatic imine (C=N–C) groups is 2. The molecule has 0 fully saturated rings. The highest BCUT2D eigenvalue weighted by atomic mass is 16.6. The zero-order chi connectivity index (χ0) is 29.6. The fourth-order valence-corrected chi connectivity index (χ4v) is 4.27. The zero-order valence-corrected chi connectivity index (χ0v) is 23.5. The van der Waals surface area contributed by atoms with E-state index in [1.54, 1.807) is 48.8 Å². The standard InChI is InChI=1S/C33H27N3O6/c1-20(37)41-30-11-5-22(13-32(30)39-3)18-34-26-9-7-24-15-25-8-10-27(17-29(25)36-28(24)16-26)35-19-23-6-12-31(42-21(2)38)33(14-23)40-4/h5-19H,1-4H3. The van der Waals surface area contributed by atoms with Crippen LogP contribution in [0.25, 0.3) is 21.8 Å². The molecule has 0 spiro atoms. The summed E-state index contributed by atoms with van der Waals surface area (Å²) in [4.78, 5) is 36.7. The van der Waals surface area contributed by atoms with E-state index in [1.165, 1.54) is 28.1 Å². The lowest BCUT2D eigenvalue weighted by Crippen LogP contribution is -2.03. The molecule has 0 atom stereocenters. The Morgan fingerprint density at radius 2 is 1.05 bits per heavy atom. The molecule has 0 bridgehead atoms. The number of methoxy groups -OCH3 is 2. The molecule has 1 aromatic heterocycles. The molecular formula is C33H27N3O6. The maximum Gasteiger partial charge on any atom is 0.308 e. The predicted octanol–water partition coefficient (Wildman–Crippen LogP) is 6.76. The van der Waals surface area contributed by atoms with E-state index >= 15 is 0 Å². The summed E-state index contributed by atoms with van der Waals surface area (Å²) in [6.07, 6.45) is 3.42. The highest BCUT2D eigenvalue weighted by molar-refractivity contribution is 5.96. The highest BCUT2D eigenvalue weighted by Gasteiger charge is 2.09. The van der Waals surface area contributed by atoms with Crippen LogP contribution in [0, 0.1) is 0 Å². The van der Waals surface area contributed by atoms with Crippen LogP contribution in [-0.2, 0) is 9.59 Å². The average molecular weight is 562 g/mol. The molecule has 0 radical (unpaired) electrons. The molecule has 0 aliphatic rings. The van der Waals surface area contributed by atoms with E-state index in [-0.39, 0.29) is 0 Å². The molecule has 5 rings (SSSR count). The van der Waals surface area contributed by atoms with Crippen molar-refractivity contribution in [2.75, 3.05) is 14.2 Å². The molecule has 0 saturated carbocycles. The van der Waals surface area contributed by atoms with Gasteiger partial charge in [0.15, 0.2) is 23.0 Å². The molecule has 0 saturated heterocycles. The molecule has 9 heteroatoms. The van der Waals surface area contributed by atoms with Crippen molar-refractivity contribution in [3.63, 3.8) is 0 Å². The number of esters is 2. The van der Waals surface area contributed by atoms with E-state index in [0.29, 0.717) is 23.0 Å². The second-order valence-electron chi connectivity index (χ2n) is 9.27. The van der Waals surface area contributed by atoms with Gasteiger partial charge in [0.1, 0.15) is 0 Å². The van der Waals surface area contributed by atoms with Crippen molar-refractivity contribution in [3.8, 4) is 23.0 Å². The first-order chi connectivity index (χ1) is 20.3. The van der Waals surface area contributed by atoms with E-state index in [0.717, 1.165) is 44.3 Å². The number of ether oxygens (including phenoxy) is 4. The van der Waals surface area contributed by atoms with Crippen LogP contribution >= 0.6 is 0 Å². The molecule has 9 nitrogen and oxygen atoms in total. The van der Waals surface area contributed by atoms with Gasteiger partial charge in [0.05, 0.1) is 36.6 Å². The topological polar surface area (TPSA) is 109 Å². The van der Waals surface area contributed by atoms with E-state index in [2.05, 4.69) is 16.1 Å². The average Bonchev–Trinajstić information content (AvgIpc) is 2.98. The number of fused-ring (bicyclic) bond motifs is 2. The lowest BCUT2D eigenvalue weighted by Gasteiger charge is -2.08. The second-order valence-corrected chi connectivity index (χ2v) is 9.27. The molecule has 0 aliphatic carbocycles. The van der Waals surface area contributed by atoms with Crippen LogP contribution in [0.15, 0.2) is 88.8 Å². The summed E-state index contributed by atoms with van der Waals surface area (Å²) < 4.78 is 21.0. The van der Waals surface area contributed by atoms with Gasteiger partial charge in [-0.25, -0.2) is 4.98 Å². The van der Waals surface area contributed by atoms with Crippen LogP contribution in [-0.4, -0.2) is 43.6 Å². The fraction of sp³-hybridized carbons (Fsp3) is 0.121. The van der Waals surface area contributed by atoms with Crippen molar-refractivity contribution in [2.45, 2.75) is 13.8 Å². The summed E-state index contributed by atoms with van der Waals surface area (Å²) in [7, 11) is 3.03. The summed E-state index contributed by atoms with van der Waals surface area (Å²) in [5, 5.41) is 1.98. The van der Waals surface area contributed by atoms with Crippen molar-refractivity contribution in [1.29, 1.82) is 0 Å². The number of nitrogens with zero attached hydrogens (tertiary/aromatic N) is 3. The third-order valence-electron chi connectivity index (χ3n) is 6.19. The Kier molecular flexibility index (Phi) is 8.19. The number of rotatable bonds is 8. The third kappa shape index (κ3) is 6.59. The minimum absolute atomic E-state index is 0.351. The SMILES string of the molecule is COc1cc(C=Nc2ccc3cc4ccc(N=Cc5ccc(OC(C)=O)c(OC)c5)cc4nc3c2)ccc1OC(C)=O. The Hall–Kier alpha value is -5.57. The fourth-order valence-electron chi connectivity index (χ4n) is 4.27. The van der Waals surface area contributed by atoms with E-state index in [9.17, 15) is 9.59 Å². The number of pyridine rings is 1. The maximum absolute atomic E-state index is 11.3. The molecule has 5 aromatic rings. The molecular weight excluding hydrogens is 534 g/mol. The molecule has 210 valence electrons. The lowest BCUT2D eigenvalue weighted by molar-refractivity contribution is -0.132. The van der Waals surface area contributed by atoms with Gasteiger partial charge in [-0.2, -0.15) is 0 Å². The smallest absolute Gasteiger partial charge is 0.308 e. The van der Waals surface area contributed by atoms with Crippen LogP contribution in [0.3, 0.4) is 0 Å². The number of carbonyl (C=O) groups is 2. The number of hydrogen-bond acceptors (Lipinski definition) is 9. The largest absolute Gasteiger partial charge is 0.493 e. The number of benzene rings is 4. The quantitative estimate of drug-likeness (QED) is 0.0891. The molecule has 42 heavy (non-hydrogen) atoms. The van der Waals surface area contributed by atoms with Gasteiger partial charge in [-0.05, 0) is 77.9 Å². The predicted molar refractivity (Wildman–Crippen MR) is 162 cm³/mol. The molecule has 0 unspecified atom stereocenters. The highest BCUT2D eigenvalue weighted by Crippen LogP contribution is 2.30. The van der Waals surface area contributed by atoms with Crippen molar-refractivity contribution in [2.24, 2.45) is 9.98 Å². The Morgan fingerprint density at radius 3 is 1.45 bits per heavy atom. The van der Waals surface area contributed by atoms with Gasteiger partial charge in [0.25, 0.3) is 0 Å². The molecule has 0 N–H and O–H groups in total. The normalized spacial score (nSPS) is 11.3. The zero-order valence-electron chi connectivity index (χ0n) is 23.5. The first-order valence-corrected chi connectivity index (χ1v) is 13.0. The lowest BCUT2D eigenvalue weighted by atomic mass is 10.1. The van der Waals surface area contributed by atoms with E-state index < -0.39 is 11.9 Å². The summed E-state index contributed by atoms with van der Waals surface area (Å²) in [5.41, 5.74) is 4.64. The molecule has 0 aliphatic heterocycles. The number of hydrogen-bond donors (Lipinski definition) is 0. The summed E-state index contributed by atoms with van der Waals surface area (Å²) in [6, 6.07) is 24.2. The molecule has 1 heterocycles. The van der Waals surface area contributed by atoms with Gasteiger partial charge in [-0.1, -0.05) is 12.1 Å². The van der Waals surface area contributed by atoms with Crippen LogP contribution in [0.2, 0.25) is 0 Å². The van der Waals surface area contributed by atoms with Crippen molar-refractivity contribution >= 4 is 57.5 Å². The molecule has 0 amide bonds. The van der Waals surface area contributed by atoms with Gasteiger partial charge >= 0.3 is 11.9 Å². The van der Waals surface area contributed by atoms with Crippen molar-refractivity contribution in [1.82, 2.24) is 4.98 Å². The van der Waals surface area contributed by atoms with Crippen LogP contribution in [0.5, 0.6) is 23.0 Å². The second kappa shape index (κ2) is 12.3. The Bertz CT molecular complexity index is 1750. The third-order valence-corrected chi connectivity index (χ3v) is 6.19. The number of carbonyl (C=O) groups excluding carboxylic acids is 2. The van der Waals surface area contributed by atoms with Crippen molar-refractivity contribution in [3.05, 3.63) is 90.0 Å². The minimum Gasteiger partial charge on any atom is -0.493 e. The Labute approximate surface area is 242 Å². The summed E-state index contributed by atoms with van der Waals surface area (Å²) in [5.74, 6) is 0.750. The van der Waals surface area contributed by atoms with E-state index in [4.69, 9.17) is 23.9 Å².